The van der Waals surface area contributed by atoms with Gasteiger partial charge in [-0.3, -0.25) is 24.5 Å². The maximum Gasteiger partial charge on any atom is 0.272 e. The number of fused-ring (bicyclic) bond motifs is 2. The van der Waals surface area contributed by atoms with Gasteiger partial charge in [0, 0.05) is 37.7 Å². The number of pyridine rings is 2. The van der Waals surface area contributed by atoms with E-state index in [2.05, 4.69) is 15.1 Å². The molecule has 5 heterocycles. The van der Waals surface area contributed by atoms with Gasteiger partial charge in [0.15, 0.2) is 0 Å². The number of nitrogens with zero attached hydrogens (tertiary/aromatic N) is 6. The van der Waals surface area contributed by atoms with Crippen LogP contribution in [0.4, 0.5) is 5.82 Å². The van der Waals surface area contributed by atoms with Crippen molar-refractivity contribution in [3.63, 3.8) is 0 Å². The predicted octanol–water partition coefficient (Wildman–Crippen LogP) is 2.24. The molecule has 0 N–H and O–H groups in total. The molecule has 1 fully saturated rings. The second kappa shape index (κ2) is 7.37. The van der Waals surface area contributed by atoms with Crippen LogP contribution < -0.4 is 4.90 Å². The highest BCUT2D eigenvalue weighted by Crippen LogP contribution is 2.41. The van der Waals surface area contributed by atoms with Crippen LogP contribution in [-0.4, -0.2) is 49.6 Å². The van der Waals surface area contributed by atoms with Gasteiger partial charge >= 0.3 is 0 Å². The minimum atomic E-state index is -0.383. The Labute approximate surface area is 174 Å². The van der Waals surface area contributed by atoms with Crippen molar-refractivity contribution in [1.82, 2.24) is 24.6 Å². The summed E-state index contributed by atoms with van der Waals surface area (Å²) in [6.45, 7) is 1.64. The van der Waals surface area contributed by atoms with Gasteiger partial charge in [-0.25, -0.2) is 4.68 Å². The van der Waals surface area contributed by atoms with Gasteiger partial charge < -0.3 is 4.90 Å². The fraction of sp³-hybridized carbons (Fsp3) is 0.318. The zero-order chi connectivity index (χ0) is 20.6. The monoisotopic (exact) mass is 402 g/mol. The van der Waals surface area contributed by atoms with E-state index in [9.17, 15) is 9.59 Å². The standard InChI is InChI=1S/C22H22N6O2/c29-20-15-22(7-13-26(14-8-22)21(30)18-3-1-2-9-24-18)28-19(6-12-25-28)27(20)16-17-4-10-23-11-5-17/h1-6,9-12H,7-8,13-16H2. The number of hydrogen-bond acceptors (Lipinski definition) is 5. The summed E-state index contributed by atoms with van der Waals surface area (Å²) < 4.78 is 2.00. The summed E-state index contributed by atoms with van der Waals surface area (Å²) in [6.07, 6.45) is 8.61. The van der Waals surface area contributed by atoms with E-state index in [-0.39, 0.29) is 17.4 Å². The molecule has 0 radical (unpaired) electrons. The maximum absolute atomic E-state index is 13.1. The molecule has 2 aliphatic heterocycles. The van der Waals surface area contributed by atoms with Crippen LogP contribution in [0.25, 0.3) is 0 Å². The second-order valence-corrected chi connectivity index (χ2v) is 7.84. The Morgan fingerprint density at radius 2 is 1.80 bits per heavy atom. The highest BCUT2D eigenvalue weighted by Gasteiger charge is 2.46. The Kier molecular flexibility index (Phi) is 4.54. The first-order chi connectivity index (χ1) is 14.7. The van der Waals surface area contributed by atoms with Gasteiger partial charge in [0.2, 0.25) is 5.91 Å². The van der Waals surface area contributed by atoms with Crippen LogP contribution in [0.2, 0.25) is 0 Å². The molecule has 0 unspecified atom stereocenters. The first-order valence-electron chi connectivity index (χ1n) is 10.1. The van der Waals surface area contributed by atoms with Crippen LogP contribution in [0, 0.1) is 0 Å². The number of amides is 2. The lowest BCUT2D eigenvalue weighted by Crippen LogP contribution is -2.54. The average Bonchev–Trinajstić information content (AvgIpc) is 3.29. The summed E-state index contributed by atoms with van der Waals surface area (Å²) in [5.41, 5.74) is 1.10. The van der Waals surface area contributed by atoms with E-state index in [1.54, 1.807) is 41.8 Å². The van der Waals surface area contributed by atoms with Gasteiger partial charge in [-0.15, -0.1) is 0 Å². The normalized spacial score (nSPS) is 17.8. The molecule has 0 atom stereocenters. The first-order valence-corrected chi connectivity index (χ1v) is 10.1. The Balaban J connectivity index is 1.36. The minimum absolute atomic E-state index is 0.0624. The van der Waals surface area contributed by atoms with Crippen molar-refractivity contribution in [3.8, 4) is 0 Å². The number of carbonyl (C=O) groups is 2. The topological polar surface area (TPSA) is 84.2 Å². The van der Waals surface area contributed by atoms with Crippen molar-refractivity contribution in [1.29, 1.82) is 0 Å². The van der Waals surface area contributed by atoms with Crippen molar-refractivity contribution in [3.05, 3.63) is 72.4 Å². The van der Waals surface area contributed by atoms with E-state index in [0.717, 1.165) is 11.4 Å². The predicted molar refractivity (Wildman–Crippen MR) is 110 cm³/mol. The number of carbonyl (C=O) groups excluding carboxylic acids is 2. The van der Waals surface area contributed by atoms with E-state index >= 15 is 0 Å². The Hall–Kier alpha value is -3.55. The lowest BCUT2D eigenvalue weighted by atomic mass is 9.82. The van der Waals surface area contributed by atoms with Crippen LogP contribution in [0.15, 0.2) is 61.2 Å². The van der Waals surface area contributed by atoms with E-state index in [1.807, 2.05) is 33.8 Å². The number of anilines is 1. The fourth-order valence-electron chi connectivity index (χ4n) is 4.45. The van der Waals surface area contributed by atoms with Gasteiger partial charge in [-0.2, -0.15) is 5.10 Å². The molecule has 30 heavy (non-hydrogen) atoms. The van der Waals surface area contributed by atoms with E-state index in [1.165, 1.54) is 0 Å². The molecule has 5 rings (SSSR count). The third-order valence-corrected chi connectivity index (χ3v) is 6.09. The average molecular weight is 402 g/mol. The molecule has 0 aliphatic carbocycles. The number of hydrogen-bond donors (Lipinski definition) is 0. The summed E-state index contributed by atoms with van der Waals surface area (Å²) in [6, 6.07) is 11.1. The van der Waals surface area contributed by atoms with E-state index in [0.29, 0.717) is 44.6 Å². The van der Waals surface area contributed by atoms with Crippen molar-refractivity contribution >= 4 is 17.6 Å². The number of likely N-dealkylation sites (tertiary alicyclic amines) is 1. The van der Waals surface area contributed by atoms with E-state index < -0.39 is 0 Å². The Bertz CT molecular complexity index is 1060. The van der Waals surface area contributed by atoms with Crippen molar-refractivity contribution in [2.75, 3.05) is 18.0 Å². The molecule has 3 aromatic rings. The molecule has 8 heteroatoms. The van der Waals surface area contributed by atoms with Crippen LogP contribution in [0.5, 0.6) is 0 Å². The zero-order valence-electron chi connectivity index (χ0n) is 16.5. The lowest BCUT2D eigenvalue weighted by Gasteiger charge is -2.46. The molecular formula is C22H22N6O2. The highest BCUT2D eigenvalue weighted by molar-refractivity contribution is 5.95. The summed E-state index contributed by atoms with van der Waals surface area (Å²) >= 11 is 0. The fourth-order valence-corrected chi connectivity index (χ4v) is 4.45. The molecule has 2 amide bonds. The largest absolute Gasteiger partial charge is 0.337 e. The molecule has 2 aliphatic rings. The second-order valence-electron chi connectivity index (χ2n) is 7.84. The smallest absolute Gasteiger partial charge is 0.272 e. The van der Waals surface area contributed by atoms with Crippen LogP contribution in [0.1, 0.15) is 35.3 Å². The molecule has 3 aromatic heterocycles. The number of rotatable bonds is 3. The third kappa shape index (κ3) is 3.14. The molecule has 0 bridgehead atoms. The Morgan fingerprint density at radius 1 is 1.00 bits per heavy atom. The van der Waals surface area contributed by atoms with Crippen LogP contribution in [0.3, 0.4) is 0 Å². The quantitative estimate of drug-likeness (QED) is 0.671. The van der Waals surface area contributed by atoms with Gasteiger partial charge in [-0.05, 0) is 42.7 Å². The summed E-state index contributed by atoms with van der Waals surface area (Å²) in [4.78, 5) is 37.7. The van der Waals surface area contributed by atoms with Crippen molar-refractivity contribution in [2.45, 2.75) is 31.3 Å². The summed E-state index contributed by atoms with van der Waals surface area (Å²) in [5.74, 6) is 0.837. The number of piperidine rings is 1. The maximum atomic E-state index is 13.1. The van der Waals surface area contributed by atoms with Crippen molar-refractivity contribution < 1.29 is 9.59 Å². The molecule has 1 saturated heterocycles. The first kappa shape index (κ1) is 18.5. The van der Waals surface area contributed by atoms with Gasteiger partial charge in [0.25, 0.3) is 5.91 Å². The van der Waals surface area contributed by atoms with Crippen LogP contribution in [-0.2, 0) is 16.9 Å². The molecule has 1 spiro atoms. The van der Waals surface area contributed by atoms with Gasteiger partial charge in [0.1, 0.15) is 11.5 Å². The molecule has 0 aromatic carbocycles. The van der Waals surface area contributed by atoms with Crippen molar-refractivity contribution in [2.24, 2.45) is 0 Å². The summed E-state index contributed by atoms with van der Waals surface area (Å²) in [7, 11) is 0. The van der Waals surface area contributed by atoms with Gasteiger partial charge in [0.05, 0.1) is 24.7 Å². The Morgan fingerprint density at radius 3 is 2.53 bits per heavy atom. The molecule has 0 saturated carbocycles. The third-order valence-electron chi connectivity index (χ3n) is 6.09. The van der Waals surface area contributed by atoms with E-state index in [4.69, 9.17) is 0 Å². The lowest BCUT2D eigenvalue weighted by molar-refractivity contribution is -0.123. The SMILES string of the molecule is O=C(c1ccccn1)N1CCC2(CC1)CC(=O)N(Cc1ccncc1)c1ccnn12. The minimum Gasteiger partial charge on any atom is -0.337 e. The highest BCUT2D eigenvalue weighted by atomic mass is 16.2. The number of aromatic nitrogens is 4. The molecule has 8 nitrogen and oxygen atoms in total. The summed E-state index contributed by atoms with van der Waals surface area (Å²) in [5, 5.41) is 4.58. The zero-order valence-corrected chi connectivity index (χ0v) is 16.5. The van der Waals surface area contributed by atoms with Gasteiger partial charge in [-0.1, -0.05) is 6.07 Å². The molecule has 152 valence electrons. The molecular weight excluding hydrogens is 380 g/mol. The van der Waals surface area contributed by atoms with Crippen LogP contribution >= 0.6 is 0 Å².